The highest BCUT2D eigenvalue weighted by Gasteiger charge is 2.47. The second kappa shape index (κ2) is 12.8. The van der Waals surface area contributed by atoms with Crippen molar-refractivity contribution in [3.8, 4) is 11.1 Å². The molecule has 1 heterocycles. The van der Waals surface area contributed by atoms with Crippen LogP contribution in [-0.2, 0) is 20.9 Å². The summed E-state index contributed by atoms with van der Waals surface area (Å²) < 4.78 is 5.71. The molecule has 0 aromatic heterocycles. The van der Waals surface area contributed by atoms with Crippen molar-refractivity contribution in [2.24, 2.45) is 5.92 Å². The maximum absolute atomic E-state index is 13.6. The quantitative estimate of drug-likeness (QED) is 0.294. The minimum absolute atomic E-state index is 0.102. The van der Waals surface area contributed by atoms with Gasteiger partial charge in [0.25, 0.3) is 0 Å². The van der Waals surface area contributed by atoms with E-state index < -0.39 is 29.6 Å². The van der Waals surface area contributed by atoms with E-state index in [9.17, 15) is 19.5 Å². The third-order valence-electron chi connectivity index (χ3n) is 8.66. The number of likely N-dealkylation sites (tertiary alicyclic amines) is 1. The molecule has 5 rings (SSSR count). The van der Waals surface area contributed by atoms with Crippen LogP contribution >= 0.6 is 0 Å². The molecule has 8 nitrogen and oxygen atoms in total. The summed E-state index contributed by atoms with van der Waals surface area (Å²) in [7, 11) is 0. The van der Waals surface area contributed by atoms with Gasteiger partial charge in [0.15, 0.2) is 5.54 Å². The number of carbonyl (C=O) groups is 3. The summed E-state index contributed by atoms with van der Waals surface area (Å²) in [4.78, 5) is 41.2. The monoisotopic (exact) mass is 569 g/mol. The lowest BCUT2D eigenvalue weighted by Gasteiger charge is -2.29. The molecule has 3 aromatic rings. The van der Waals surface area contributed by atoms with Crippen LogP contribution < -0.4 is 10.6 Å². The minimum Gasteiger partial charge on any atom is -0.479 e. The largest absolute Gasteiger partial charge is 0.479 e. The van der Waals surface area contributed by atoms with E-state index in [0.717, 1.165) is 34.2 Å². The van der Waals surface area contributed by atoms with Gasteiger partial charge in [-0.2, -0.15) is 0 Å². The van der Waals surface area contributed by atoms with E-state index in [2.05, 4.69) is 34.9 Å². The zero-order valence-corrected chi connectivity index (χ0v) is 24.2. The fourth-order valence-electron chi connectivity index (χ4n) is 6.10. The molecule has 3 N–H and O–H groups in total. The molecule has 0 bridgehead atoms. The number of fused-ring (bicyclic) bond motifs is 3. The molecule has 1 aliphatic carbocycles. The van der Waals surface area contributed by atoms with Crippen LogP contribution in [-0.4, -0.2) is 59.3 Å². The Kier molecular flexibility index (Phi) is 8.92. The zero-order chi connectivity index (χ0) is 29.7. The molecule has 3 unspecified atom stereocenters. The molecule has 2 amide bonds. The molecule has 220 valence electrons. The first-order valence-corrected chi connectivity index (χ1v) is 14.7. The number of ether oxygens (including phenoxy) is 1. The van der Waals surface area contributed by atoms with Crippen LogP contribution in [0.3, 0.4) is 0 Å². The van der Waals surface area contributed by atoms with E-state index >= 15 is 0 Å². The average Bonchev–Trinajstić information content (AvgIpc) is 3.55. The van der Waals surface area contributed by atoms with E-state index in [-0.39, 0.29) is 31.4 Å². The first kappa shape index (κ1) is 29.3. The molecule has 3 aromatic carbocycles. The van der Waals surface area contributed by atoms with Crippen molar-refractivity contribution in [1.29, 1.82) is 0 Å². The van der Waals surface area contributed by atoms with Crippen LogP contribution in [0.15, 0.2) is 78.9 Å². The average molecular weight is 570 g/mol. The summed E-state index contributed by atoms with van der Waals surface area (Å²) in [5, 5.41) is 15.8. The Labute approximate surface area is 247 Å². The van der Waals surface area contributed by atoms with E-state index in [0.29, 0.717) is 19.5 Å². The van der Waals surface area contributed by atoms with Gasteiger partial charge in [-0.1, -0.05) is 99.1 Å². The molecule has 1 fully saturated rings. The maximum Gasteiger partial charge on any atom is 0.407 e. The van der Waals surface area contributed by atoms with Gasteiger partial charge in [0.2, 0.25) is 5.91 Å². The molecule has 2 aliphatic rings. The molecular weight excluding hydrogens is 530 g/mol. The highest BCUT2D eigenvalue weighted by molar-refractivity contribution is 5.91. The number of carboxylic acid groups (broad SMARTS) is 1. The summed E-state index contributed by atoms with van der Waals surface area (Å²) in [6, 6.07) is 25.1. The number of aliphatic carboxylic acids is 1. The Morgan fingerprint density at radius 2 is 1.60 bits per heavy atom. The minimum atomic E-state index is -1.43. The lowest BCUT2D eigenvalue weighted by Crippen LogP contribution is -2.60. The number of nitrogens with zero attached hydrogens (tertiary/aromatic N) is 1. The van der Waals surface area contributed by atoms with Crippen LogP contribution in [0.4, 0.5) is 4.79 Å². The molecular formula is C34H39N3O5. The van der Waals surface area contributed by atoms with Crippen molar-refractivity contribution in [3.05, 3.63) is 95.6 Å². The van der Waals surface area contributed by atoms with Gasteiger partial charge in [-0.15, -0.1) is 0 Å². The van der Waals surface area contributed by atoms with Crippen LogP contribution in [0.1, 0.15) is 55.7 Å². The fraction of sp³-hybridized carbons (Fsp3) is 0.382. The van der Waals surface area contributed by atoms with Gasteiger partial charge in [-0.05, 0) is 46.6 Å². The van der Waals surface area contributed by atoms with Crippen molar-refractivity contribution in [3.63, 3.8) is 0 Å². The summed E-state index contributed by atoms with van der Waals surface area (Å²) in [5.41, 5.74) is 4.12. The van der Waals surface area contributed by atoms with Gasteiger partial charge in [0, 0.05) is 25.6 Å². The summed E-state index contributed by atoms with van der Waals surface area (Å²) in [6.45, 7) is 5.47. The van der Waals surface area contributed by atoms with Crippen LogP contribution in [0.2, 0.25) is 0 Å². The zero-order valence-electron chi connectivity index (χ0n) is 24.2. The molecule has 0 radical (unpaired) electrons. The molecule has 1 aliphatic heterocycles. The number of hydrogen-bond donors (Lipinski definition) is 3. The van der Waals surface area contributed by atoms with E-state index in [1.807, 2.05) is 73.3 Å². The van der Waals surface area contributed by atoms with Crippen molar-refractivity contribution in [2.75, 3.05) is 19.7 Å². The van der Waals surface area contributed by atoms with Gasteiger partial charge in [-0.3, -0.25) is 9.69 Å². The SMILES string of the molecule is CCC(C)CC(NC(=O)OCC1c2ccccc2-c2ccccc21)C(=O)NC1(C(=O)O)CCN(Cc2ccccc2)C1. The first-order valence-electron chi connectivity index (χ1n) is 14.7. The number of alkyl carbamates (subject to hydrolysis) is 1. The topological polar surface area (TPSA) is 108 Å². The number of benzene rings is 3. The van der Waals surface area contributed by atoms with Gasteiger partial charge in [-0.25, -0.2) is 9.59 Å². The molecule has 8 heteroatoms. The van der Waals surface area contributed by atoms with Gasteiger partial charge in [0.1, 0.15) is 12.6 Å². The molecule has 0 spiro atoms. The summed E-state index contributed by atoms with van der Waals surface area (Å²) >= 11 is 0. The Morgan fingerprint density at radius 1 is 0.976 bits per heavy atom. The normalized spacial score (nSPS) is 19.4. The van der Waals surface area contributed by atoms with Crippen LogP contribution in [0.5, 0.6) is 0 Å². The Morgan fingerprint density at radius 3 is 2.21 bits per heavy atom. The number of nitrogens with one attached hydrogen (secondary N) is 2. The predicted octanol–water partition coefficient (Wildman–Crippen LogP) is 5.18. The fourth-order valence-corrected chi connectivity index (χ4v) is 6.10. The van der Waals surface area contributed by atoms with E-state index in [4.69, 9.17) is 4.74 Å². The Bertz CT molecular complexity index is 1380. The highest BCUT2D eigenvalue weighted by atomic mass is 16.5. The van der Waals surface area contributed by atoms with Crippen molar-refractivity contribution >= 4 is 18.0 Å². The summed E-state index contributed by atoms with van der Waals surface area (Å²) in [6.07, 6.45) is 0.768. The van der Waals surface area contributed by atoms with Crippen LogP contribution in [0.25, 0.3) is 11.1 Å². The lowest BCUT2D eigenvalue weighted by atomic mass is 9.95. The molecule has 3 atom stereocenters. The predicted molar refractivity (Wildman–Crippen MR) is 161 cm³/mol. The van der Waals surface area contributed by atoms with E-state index in [1.165, 1.54) is 0 Å². The van der Waals surface area contributed by atoms with Crippen molar-refractivity contribution < 1.29 is 24.2 Å². The molecule has 1 saturated heterocycles. The molecule has 0 saturated carbocycles. The summed E-state index contributed by atoms with van der Waals surface area (Å²) in [5.74, 6) is -1.55. The molecule has 42 heavy (non-hydrogen) atoms. The lowest BCUT2D eigenvalue weighted by molar-refractivity contribution is -0.147. The van der Waals surface area contributed by atoms with Crippen molar-refractivity contribution in [2.45, 2.75) is 57.2 Å². The van der Waals surface area contributed by atoms with Gasteiger partial charge >= 0.3 is 12.1 Å². The second-order valence-electron chi connectivity index (χ2n) is 11.6. The number of hydrogen-bond acceptors (Lipinski definition) is 5. The smallest absolute Gasteiger partial charge is 0.407 e. The van der Waals surface area contributed by atoms with Crippen LogP contribution in [0, 0.1) is 5.92 Å². The third kappa shape index (κ3) is 6.34. The standard InChI is InChI=1S/C34H39N3O5/c1-3-23(2)19-30(31(38)36-34(32(39)40)17-18-37(22-34)20-24-11-5-4-6-12-24)35-33(41)42-21-29-27-15-9-7-13-25(27)26-14-8-10-16-28(26)29/h4-16,23,29-30H,3,17-22H2,1-2H3,(H,35,41)(H,36,38)(H,39,40). The van der Waals surface area contributed by atoms with Gasteiger partial charge in [0.05, 0.1) is 0 Å². The maximum atomic E-state index is 13.6. The first-order chi connectivity index (χ1) is 20.3. The van der Waals surface area contributed by atoms with Crippen molar-refractivity contribution in [1.82, 2.24) is 15.5 Å². The van der Waals surface area contributed by atoms with E-state index in [1.54, 1.807) is 0 Å². The highest BCUT2D eigenvalue weighted by Crippen LogP contribution is 2.44. The Balaban J connectivity index is 1.25. The Hall–Kier alpha value is -4.17. The number of rotatable bonds is 11. The number of carbonyl (C=O) groups excluding carboxylic acids is 2. The second-order valence-corrected chi connectivity index (χ2v) is 11.6. The third-order valence-corrected chi connectivity index (χ3v) is 8.66. The van der Waals surface area contributed by atoms with Gasteiger partial charge < -0.3 is 20.5 Å². The number of carboxylic acids is 1. The number of amides is 2.